The zero-order valence-electron chi connectivity index (χ0n) is 16.2. The molecule has 0 aliphatic heterocycles. The van der Waals surface area contributed by atoms with E-state index in [1.54, 1.807) is 42.2 Å². The van der Waals surface area contributed by atoms with Gasteiger partial charge in [-0.1, -0.05) is 18.2 Å². The highest BCUT2D eigenvalue weighted by Gasteiger charge is 2.15. The Morgan fingerprint density at radius 2 is 2.13 bits per heavy atom. The van der Waals surface area contributed by atoms with Crippen molar-refractivity contribution in [3.8, 4) is 10.4 Å². The van der Waals surface area contributed by atoms with E-state index in [9.17, 15) is 4.79 Å². The zero-order chi connectivity index (χ0) is 20.7. The molecule has 1 aromatic carbocycles. The van der Waals surface area contributed by atoms with Gasteiger partial charge in [0.25, 0.3) is 5.91 Å². The molecule has 0 aliphatic carbocycles. The monoisotopic (exact) mass is 414 g/mol. The van der Waals surface area contributed by atoms with E-state index in [4.69, 9.17) is 5.73 Å². The maximum Gasteiger partial charge on any atom is 0.253 e. The van der Waals surface area contributed by atoms with E-state index in [-0.39, 0.29) is 5.91 Å². The van der Waals surface area contributed by atoms with Crippen LogP contribution in [-0.2, 0) is 13.6 Å². The summed E-state index contributed by atoms with van der Waals surface area (Å²) in [4.78, 5) is 26.2. The van der Waals surface area contributed by atoms with Crippen LogP contribution in [0.15, 0.2) is 61.2 Å². The van der Waals surface area contributed by atoms with Crippen LogP contribution in [0.3, 0.4) is 0 Å². The number of pyridine rings is 2. The number of anilines is 1. The molecule has 0 saturated heterocycles. The summed E-state index contributed by atoms with van der Waals surface area (Å²) in [5, 5.41) is 2.94. The molecule has 1 amide bonds. The number of hydrogen-bond donors (Lipinski definition) is 2. The lowest BCUT2D eigenvalue weighted by atomic mass is 10.1. The third-order valence-electron chi connectivity index (χ3n) is 4.94. The van der Waals surface area contributed by atoms with Gasteiger partial charge < -0.3 is 15.6 Å². The molecule has 0 spiro atoms. The quantitative estimate of drug-likeness (QED) is 0.467. The molecule has 7 nitrogen and oxygen atoms in total. The number of aryl methyl sites for hydroxylation is 1. The number of nitrogens with zero attached hydrogens (tertiary/aromatic N) is 4. The molecule has 3 N–H and O–H groups in total. The van der Waals surface area contributed by atoms with Crippen LogP contribution < -0.4 is 11.1 Å². The second-order valence-corrected chi connectivity index (χ2v) is 8.05. The van der Waals surface area contributed by atoms with Crippen molar-refractivity contribution in [3.63, 3.8) is 0 Å². The number of nitrogens with two attached hydrogens (primary N) is 1. The first-order valence-electron chi connectivity index (χ1n) is 9.38. The van der Waals surface area contributed by atoms with Gasteiger partial charge in [-0.2, -0.15) is 0 Å². The fourth-order valence-electron chi connectivity index (χ4n) is 3.46. The third-order valence-corrected chi connectivity index (χ3v) is 6.12. The first-order valence-corrected chi connectivity index (χ1v) is 10.2. The summed E-state index contributed by atoms with van der Waals surface area (Å²) in [5.41, 5.74) is 11.3. The Morgan fingerprint density at radius 1 is 1.23 bits per heavy atom. The number of imidazole rings is 1. The average Bonchev–Trinajstić information content (AvgIpc) is 3.37. The second-order valence-electron chi connectivity index (χ2n) is 7.00. The van der Waals surface area contributed by atoms with Gasteiger partial charge in [-0.15, -0.1) is 11.3 Å². The van der Waals surface area contributed by atoms with Crippen molar-refractivity contribution in [1.82, 2.24) is 24.8 Å². The van der Waals surface area contributed by atoms with Crippen molar-refractivity contribution in [2.75, 3.05) is 5.73 Å². The standard InChI is InChI=1S/C22H18N6OS/c1-28-12-26-18-19(28)20-16(27-21(18)23)9-17(30-20)14-5-2-4-13(8-14)10-25-22(29)15-6-3-7-24-11-15/h2-9,11-12H,10H2,1H3,(H2,23,27)(H,25,29). The predicted molar refractivity (Wildman–Crippen MR) is 119 cm³/mol. The highest BCUT2D eigenvalue weighted by Crippen LogP contribution is 2.38. The summed E-state index contributed by atoms with van der Waals surface area (Å²) in [6, 6.07) is 13.7. The summed E-state index contributed by atoms with van der Waals surface area (Å²) >= 11 is 1.66. The summed E-state index contributed by atoms with van der Waals surface area (Å²) in [5.74, 6) is 0.294. The van der Waals surface area contributed by atoms with Gasteiger partial charge in [0.15, 0.2) is 5.82 Å². The maximum absolute atomic E-state index is 12.3. The van der Waals surface area contributed by atoms with Gasteiger partial charge >= 0.3 is 0 Å². The van der Waals surface area contributed by atoms with Crippen LogP contribution >= 0.6 is 11.3 Å². The summed E-state index contributed by atoms with van der Waals surface area (Å²) < 4.78 is 3.03. The molecule has 8 heteroatoms. The Balaban J connectivity index is 1.45. The van der Waals surface area contributed by atoms with Crippen LogP contribution in [0.5, 0.6) is 0 Å². The normalized spacial score (nSPS) is 11.2. The number of hydrogen-bond acceptors (Lipinski definition) is 6. The number of nitrogen functional groups attached to an aromatic ring is 1. The van der Waals surface area contributed by atoms with Crippen LogP contribution in [0.25, 0.3) is 31.7 Å². The molecule has 0 saturated carbocycles. The molecule has 0 atom stereocenters. The Labute approximate surface area is 176 Å². The fourth-order valence-corrected chi connectivity index (χ4v) is 4.64. The van der Waals surface area contributed by atoms with Gasteiger partial charge in [-0.3, -0.25) is 9.78 Å². The van der Waals surface area contributed by atoms with Crippen LogP contribution in [0.4, 0.5) is 5.82 Å². The molecule has 4 heterocycles. The smallest absolute Gasteiger partial charge is 0.253 e. The van der Waals surface area contributed by atoms with Gasteiger partial charge in [0.2, 0.25) is 0 Å². The summed E-state index contributed by atoms with van der Waals surface area (Å²) in [6.45, 7) is 0.434. The molecule has 0 unspecified atom stereocenters. The van der Waals surface area contributed by atoms with Crippen molar-refractivity contribution in [2.24, 2.45) is 7.05 Å². The average molecular weight is 414 g/mol. The number of aromatic nitrogens is 4. The number of thiophene rings is 1. The Morgan fingerprint density at radius 3 is 2.97 bits per heavy atom. The van der Waals surface area contributed by atoms with Crippen molar-refractivity contribution in [3.05, 3.63) is 72.3 Å². The number of rotatable bonds is 4. The SMILES string of the molecule is Cn1cnc2c(N)nc3cc(-c4cccc(CNC(=O)c5cccnc5)c4)sc3c21. The predicted octanol–water partition coefficient (Wildman–Crippen LogP) is 3.76. The van der Waals surface area contributed by atoms with E-state index < -0.39 is 0 Å². The van der Waals surface area contributed by atoms with Crippen molar-refractivity contribution < 1.29 is 4.79 Å². The van der Waals surface area contributed by atoms with Gasteiger partial charge in [-0.25, -0.2) is 9.97 Å². The molecule has 5 rings (SSSR count). The highest BCUT2D eigenvalue weighted by atomic mass is 32.1. The molecular formula is C22H18N6OS. The number of carbonyl (C=O) groups excluding carboxylic acids is 1. The number of carbonyl (C=O) groups is 1. The lowest BCUT2D eigenvalue weighted by molar-refractivity contribution is 0.0950. The molecule has 4 aromatic heterocycles. The van der Waals surface area contributed by atoms with E-state index in [1.807, 2.05) is 23.7 Å². The fraction of sp³-hybridized carbons (Fsp3) is 0.0909. The largest absolute Gasteiger partial charge is 0.382 e. The second kappa shape index (κ2) is 7.23. The minimum Gasteiger partial charge on any atom is -0.382 e. The Bertz CT molecular complexity index is 1390. The van der Waals surface area contributed by atoms with Gasteiger partial charge in [0.05, 0.1) is 27.6 Å². The Hall–Kier alpha value is -3.78. The van der Waals surface area contributed by atoms with Crippen molar-refractivity contribution >= 4 is 44.3 Å². The summed E-state index contributed by atoms with van der Waals surface area (Å²) in [6.07, 6.45) is 4.96. The minimum atomic E-state index is -0.145. The first kappa shape index (κ1) is 18.3. The number of fused-ring (bicyclic) bond motifs is 3. The minimum absolute atomic E-state index is 0.145. The van der Waals surface area contributed by atoms with Gasteiger partial charge in [-0.05, 0) is 35.4 Å². The zero-order valence-corrected chi connectivity index (χ0v) is 17.0. The van der Waals surface area contributed by atoms with Crippen LogP contribution in [0.2, 0.25) is 0 Å². The van der Waals surface area contributed by atoms with Crippen LogP contribution in [0, 0.1) is 0 Å². The van der Waals surface area contributed by atoms with Crippen LogP contribution in [-0.4, -0.2) is 25.4 Å². The lowest BCUT2D eigenvalue weighted by Crippen LogP contribution is -2.22. The molecule has 0 fully saturated rings. The molecular weight excluding hydrogens is 396 g/mol. The molecule has 30 heavy (non-hydrogen) atoms. The number of amides is 1. The maximum atomic E-state index is 12.3. The van der Waals surface area contributed by atoms with E-state index in [1.165, 1.54) is 0 Å². The van der Waals surface area contributed by atoms with Crippen LogP contribution in [0.1, 0.15) is 15.9 Å². The first-order chi connectivity index (χ1) is 14.6. The topological polar surface area (TPSA) is 98.7 Å². The highest BCUT2D eigenvalue weighted by molar-refractivity contribution is 7.23. The Kier molecular flexibility index (Phi) is 4.40. The molecule has 0 radical (unpaired) electrons. The van der Waals surface area contributed by atoms with Crippen molar-refractivity contribution in [2.45, 2.75) is 6.54 Å². The molecule has 148 valence electrons. The van der Waals surface area contributed by atoms with Gasteiger partial charge in [0.1, 0.15) is 5.52 Å². The van der Waals surface area contributed by atoms with E-state index >= 15 is 0 Å². The van der Waals surface area contributed by atoms with E-state index in [2.05, 4.69) is 38.5 Å². The molecule has 0 bridgehead atoms. The number of benzene rings is 1. The van der Waals surface area contributed by atoms with Crippen molar-refractivity contribution in [1.29, 1.82) is 0 Å². The van der Waals surface area contributed by atoms with Gasteiger partial charge in [0, 0.05) is 30.9 Å². The van der Waals surface area contributed by atoms with E-state index in [0.717, 1.165) is 37.3 Å². The summed E-state index contributed by atoms with van der Waals surface area (Å²) in [7, 11) is 1.96. The number of nitrogens with one attached hydrogen (secondary N) is 1. The molecule has 0 aliphatic rings. The third kappa shape index (κ3) is 3.17. The van der Waals surface area contributed by atoms with E-state index in [0.29, 0.717) is 17.9 Å². The molecule has 5 aromatic rings. The lowest BCUT2D eigenvalue weighted by Gasteiger charge is -2.06.